The van der Waals surface area contributed by atoms with E-state index in [1.165, 1.54) is 12.1 Å². The lowest BCUT2D eigenvalue weighted by atomic mass is 10.1. The molecular weight excluding hydrogens is 265 g/mol. The molecule has 0 atom stereocenters. The van der Waals surface area contributed by atoms with Crippen LogP contribution < -0.4 is 10.2 Å². The molecule has 2 aromatic rings. The van der Waals surface area contributed by atoms with Crippen molar-refractivity contribution in [3.8, 4) is 0 Å². The van der Waals surface area contributed by atoms with Crippen LogP contribution in [0.25, 0.3) is 0 Å². The third-order valence-corrected chi connectivity index (χ3v) is 3.42. The number of nitrogens with one attached hydrogen (secondary N) is 1. The van der Waals surface area contributed by atoms with Gasteiger partial charge in [-0.15, -0.1) is 0 Å². The van der Waals surface area contributed by atoms with Crippen LogP contribution in [0.15, 0.2) is 36.5 Å². The van der Waals surface area contributed by atoms with Crippen molar-refractivity contribution in [2.75, 3.05) is 18.5 Å². The minimum Gasteiger partial charge on any atom is -0.344 e. The van der Waals surface area contributed by atoms with E-state index >= 15 is 0 Å². The summed E-state index contributed by atoms with van der Waals surface area (Å²) >= 11 is 0. The molecule has 0 bridgehead atoms. The highest BCUT2D eigenvalue weighted by molar-refractivity contribution is 5.65. The molecule has 0 amide bonds. The summed E-state index contributed by atoms with van der Waals surface area (Å²) in [6.07, 6.45) is 3.01. The van der Waals surface area contributed by atoms with E-state index in [2.05, 4.69) is 28.2 Å². The van der Waals surface area contributed by atoms with E-state index in [1.807, 2.05) is 20.2 Å². The van der Waals surface area contributed by atoms with E-state index in [0.29, 0.717) is 0 Å². The Hall–Kier alpha value is -1.94. The maximum absolute atomic E-state index is 13.1. The normalized spacial score (nSPS) is 10.7. The molecule has 1 aromatic carbocycles. The van der Waals surface area contributed by atoms with Crippen LogP contribution in [0.1, 0.15) is 24.6 Å². The van der Waals surface area contributed by atoms with Gasteiger partial charge in [0.2, 0.25) is 0 Å². The first kappa shape index (κ1) is 15.4. The lowest BCUT2D eigenvalue weighted by Gasteiger charge is -2.23. The Bertz CT molecular complexity index is 581. The SMILES string of the molecule is CCCNCc1cnc(C)cc1N(C)c1ccc(F)cc1. The first-order valence-corrected chi connectivity index (χ1v) is 7.27. The lowest BCUT2D eigenvalue weighted by molar-refractivity contribution is 0.628. The second-order valence-electron chi connectivity index (χ2n) is 5.17. The van der Waals surface area contributed by atoms with Gasteiger partial charge in [0.05, 0.1) is 0 Å². The molecule has 2 rings (SSSR count). The van der Waals surface area contributed by atoms with Crippen LogP contribution in [0.3, 0.4) is 0 Å². The molecule has 0 aliphatic heterocycles. The molecule has 0 aliphatic rings. The van der Waals surface area contributed by atoms with Crippen molar-refractivity contribution in [2.45, 2.75) is 26.8 Å². The highest BCUT2D eigenvalue weighted by Crippen LogP contribution is 2.27. The van der Waals surface area contributed by atoms with Gasteiger partial charge in [0.25, 0.3) is 0 Å². The molecule has 3 nitrogen and oxygen atoms in total. The van der Waals surface area contributed by atoms with Crippen LogP contribution in [-0.2, 0) is 6.54 Å². The van der Waals surface area contributed by atoms with E-state index in [-0.39, 0.29) is 5.82 Å². The van der Waals surface area contributed by atoms with Crippen molar-refractivity contribution in [3.63, 3.8) is 0 Å². The number of aryl methyl sites for hydroxylation is 1. The van der Waals surface area contributed by atoms with Gasteiger partial charge in [-0.1, -0.05) is 6.92 Å². The molecule has 0 unspecified atom stereocenters. The molecular formula is C17H22FN3. The molecule has 0 saturated heterocycles. The molecule has 1 aromatic heterocycles. The predicted molar refractivity (Wildman–Crippen MR) is 85.4 cm³/mol. The van der Waals surface area contributed by atoms with Crippen molar-refractivity contribution in [3.05, 3.63) is 53.6 Å². The van der Waals surface area contributed by atoms with E-state index in [0.717, 1.165) is 42.1 Å². The average molecular weight is 287 g/mol. The summed E-state index contributed by atoms with van der Waals surface area (Å²) in [4.78, 5) is 6.45. The number of rotatable bonds is 6. The van der Waals surface area contributed by atoms with Gasteiger partial charge in [-0.25, -0.2) is 4.39 Å². The van der Waals surface area contributed by atoms with Gasteiger partial charge in [0.15, 0.2) is 0 Å². The summed E-state index contributed by atoms with van der Waals surface area (Å²) in [5.74, 6) is -0.220. The molecule has 0 saturated carbocycles. The fourth-order valence-electron chi connectivity index (χ4n) is 2.23. The predicted octanol–water partition coefficient (Wildman–Crippen LogP) is 3.80. The Kier molecular flexibility index (Phi) is 5.28. The van der Waals surface area contributed by atoms with Gasteiger partial charge in [-0.05, 0) is 50.2 Å². The number of pyridine rings is 1. The Balaban J connectivity index is 2.27. The number of benzene rings is 1. The third kappa shape index (κ3) is 4.02. The molecule has 0 aliphatic carbocycles. The van der Waals surface area contributed by atoms with Crippen molar-refractivity contribution in [1.29, 1.82) is 0 Å². The Morgan fingerprint density at radius 2 is 1.95 bits per heavy atom. The number of nitrogens with zero attached hydrogens (tertiary/aromatic N) is 2. The van der Waals surface area contributed by atoms with Gasteiger partial charge in [-0.3, -0.25) is 4.98 Å². The summed E-state index contributed by atoms with van der Waals surface area (Å²) in [7, 11) is 1.99. The molecule has 0 fully saturated rings. The smallest absolute Gasteiger partial charge is 0.123 e. The third-order valence-electron chi connectivity index (χ3n) is 3.42. The molecule has 0 radical (unpaired) electrons. The van der Waals surface area contributed by atoms with E-state index in [9.17, 15) is 4.39 Å². The van der Waals surface area contributed by atoms with Gasteiger partial charge in [-0.2, -0.15) is 0 Å². The van der Waals surface area contributed by atoms with Crippen LogP contribution in [0.4, 0.5) is 15.8 Å². The summed E-state index contributed by atoms with van der Waals surface area (Å²) in [5, 5.41) is 3.40. The summed E-state index contributed by atoms with van der Waals surface area (Å²) in [6.45, 7) is 5.88. The topological polar surface area (TPSA) is 28.2 Å². The Morgan fingerprint density at radius 1 is 1.24 bits per heavy atom. The van der Waals surface area contributed by atoms with Crippen LogP contribution in [-0.4, -0.2) is 18.6 Å². The fraction of sp³-hybridized carbons (Fsp3) is 0.353. The first-order valence-electron chi connectivity index (χ1n) is 7.27. The van der Waals surface area contributed by atoms with Gasteiger partial charge < -0.3 is 10.2 Å². The first-order chi connectivity index (χ1) is 10.1. The summed E-state index contributed by atoms with van der Waals surface area (Å²) < 4.78 is 13.1. The zero-order valence-electron chi connectivity index (χ0n) is 12.9. The highest BCUT2D eigenvalue weighted by atomic mass is 19.1. The number of halogens is 1. The van der Waals surface area contributed by atoms with Crippen LogP contribution in [0.5, 0.6) is 0 Å². The number of anilines is 2. The van der Waals surface area contributed by atoms with Crippen LogP contribution >= 0.6 is 0 Å². The van der Waals surface area contributed by atoms with Crippen molar-refractivity contribution >= 4 is 11.4 Å². The summed E-state index contributed by atoms with van der Waals surface area (Å²) in [5.41, 5.74) is 4.16. The minimum absolute atomic E-state index is 0.220. The number of aromatic nitrogens is 1. The van der Waals surface area contributed by atoms with Crippen LogP contribution in [0.2, 0.25) is 0 Å². The molecule has 4 heteroatoms. The standard InChI is InChI=1S/C17H22FN3/c1-4-9-19-11-14-12-20-13(2)10-17(14)21(3)16-7-5-15(18)6-8-16/h5-8,10,12,19H,4,9,11H2,1-3H3. The monoisotopic (exact) mass is 287 g/mol. The zero-order chi connectivity index (χ0) is 15.2. The minimum atomic E-state index is -0.220. The largest absolute Gasteiger partial charge is 0.344 e. The molecule has 1 N–H and O–H groups in total. The highest BCUT2D eigenvalue weighted by Gasteiger charge is 2.10. The molecule has 1 heterocycles. The number of hydrogen-bond donors (Lipinski definition) is 1. The molecule has 112 valence electrons. The van der Waals surface area contributed by atoms with E-state index in [4.69, 9.17) is 0 Å². The molecule has 0 spiro atoms. The average Bonchev–Trinajstić information content (AvgIpc) is 2.49. The quantitative estimate of drug-likeness (QED) is 0.819. The Labute approximate surface area is 125 Å². The zero-order valence-corrected chi connectivity index (χ0v) is 12.9. The van der Waals surface area contributed by atoms with Gasteiger partial charge in [0, 0.05) is 42.4 Å². The second kappa shape index (κ2) is 7.18. The second-order valence-corrected chi connectivity index (χ2v) is 5.17. The van der Waals surface area contributed by atoms with Gasteiger partial charge >= 0.3 is 0 Å². The van der Waals surface area contributed by atoms with Crippen molar-refractivity contribution in [2.24, 2.45) is 0 Å². The van der Waals surface area contributed by atoms with Crippen LogP contribution in [0, 0.1) is 12.7 Å². The lowest BCUT2D eigenvalue weighted by Crippen LogP contribution is -2.18. The van der Waals surface area contributed by atoms with E-state index in [1.54, 1.807) is 12.1 Å². The van der Waals surface area contributed by atoms with Crippen molar-refractivity contribution in [1.82, 2.24) is 10.3 Å². The summed E-state index contributed by atoms with van der Waals surface area (Å²) in [6, 6.07) is 8.60. The van der Waals surface area contributed by atoms with E-state index < -0.39 is 0 Å². The fourth-order valence-corrected chi connectivity index (χ4v) is 2.23. The maximum atomic E-state index is 13.1. The van der Waals surface area contributed by atoms with Crippen molar-refractivity contribution < 1.29 is 4.39 Å². The van der Waals surface area contributed by atoms with Gasteiger partial charge in [0.1, 0.15) is 5.82 Å². The molecule has 21 heavy (non-hydrogen) atoms. The Morgan fingerprint density at radius 3 is 2.62 bits per heavy atom. The number of hydrogen-bond acceptors (Lipinski definition) is 3. The maximum Gasteiger partial charge on any atom is 0.123 e.